The van der Waals surface area contributed by atoms with Gasteiger partial charge in [0.05, 0.1) is 17.3 Å². The van der Waals surface area contributed by atoms with Crippen LogP contribution in [0.5, 0.6) is 5.75 Å². The van der Waals surface area contributed by atoms with Crippen LogP contribution in [-0.2, 0) is 0 Å². The molecule has 0 radical (unpaired) electrons. The average Bonchev–Trinajstić information content (AvgIpc) is 2.84. The van der Waals surface area contributed by atoms with E-state index in [9.17, 15) is 4.79 Å². The lowest BCUT2D eigenvalue weighted by atomic mass is 10.2. The van der Waals surface area contributed by atoms with E-state index < -0.39 is 0 Å². The van der Waals surface area contributed by atoms with Crippen LogP contribution in [0.2, 0.25) is 0 Å². The van der Waals surface area contributed by atoms with Gasteiger partial charge >= 0.3 is 0 Å². The maximum atomic E-state index is 12.0. The maximum absolute atomic E-state index is 12.0. The van der Waals surface area contributed by atoms with Crippen molar-refractivity contribution in [2.24, 2.45) is 0 Å². The molecule has 0 saturated heterocycles. The largest absolute Gasteiger partial charge is 0.491 e. The normalized spacial score (nSPS) is 11.9. The summed E-state index contributed by atoms with van der Waals surface area (Å²) in [6.07, 6.45) is 0. The number of nitrogens with one attached hydrogen (secondary N) is 1. The number of aryl methyl sites for hydroxylation is 2. The first-order chi connectivity index (χ1) is 9.58. The van der Waals surface area contributed by atoms with Crippen LogP contribution in [0.15, 0.2) is 29.6 Å². The lowest BCUT2D eigenvalue weighted by Gasteiger charge is -2.15. The average molecular weight is 290 g/mol. The minimum Gasteiger partial charge on any atom is -0.491 e. The molecule has 0 spiro atoms. The van der Waals surface area contributed by atoms with Gasteiger partial charge in [0.25, 0.3) is 5.91 Å². The number of amides is 1. The van der Waals surface area contributed by atoms with Gasteiger partial charge in [-0.2, -0.15) is 4.37 Å². The van der Waals surface area contributed by atoms with Gasteiger partial charge in [-0.05, 0) is 43.9 Å². The molecule has 1 N–H and O–H groups in total. The quantitative estimate of drug-likeness (QED) is 0.921. The van der Waals surface area contributed by atoms with Crippen molar-refractivity contribution in [2.75, 3.05) is 6.61 Å². The minimum absolute atomic E-state index is 0.0681. The van der Waals surface area contributed by atoms with Crippen molar-refractivity contribution >= 4 is 17.4 Å². The Morgan fingerprint density at radius 2 is 2.15 bits per heavy atom. The molecule has 4 nitrogen and oxygen atoms in total. The van der Waals surface area contributed by atoms with Crippen LogP contribution in [-0.4, -0.2) is 22.9 Å². The Hall–Kier alpha value is -1.88. The number of aromatic nitrogens is 1. The second kappa shape index (κ2) is 6.52. The molecule has 0 aliphatic rings. The van der Waals surface area contributed by atoms with Gasteiger partial charge in [-0.15, -0.1) is 0 Å². The molecule has 0 aliphatic heterocycles. The van der Waals surface area contributed by atoms with Crippen molar-refractivity contribution in [2.45, 2.75) is 26.8 Å². The van der Waals surface area contributed by atoms with Gasteiger partial charge < -0.3 is 10.1 Å². The molecular weight excluding hydrogens is 272 g/mol. The smallest absolute Gasteiger partial charge is 0.254 e. The summed E-state index contributed by atoms with van der Waals surface area (Å²) in [6.45, 7) is 6.19. The third-order valence-electron chi connectivity index (χ3n) is 2.95. The molecular formula is C15H18N2O2S. The lowest BCUT2D eigenvalue weighted by Crippen LogP contribution is -2.37. The molecule has 1 unspecified atom stereocenters. The fourth-order valence-electron chi connectivity index (χ4n) is 1.79. The minimum atomic E-state index is -0.0999. The second-order valence-electron chi connectivity index (χ2n) is 4.76. The fourth-order valence-corrected chi connectivity index (χ4v) is 2.48. The number of carbonyl (C=O) groups is 1. The van der Waals surface area contributed by atoms with Crippen LogP contribution in [0.3, 0.4) is 0 Å². The molecule has 20 heavy (non-hydrogen) atoms. The van der Waals surface area contributed by atoms with Gasteiger partial charge in [-0.3, -0.25) is 4.79 Å². The van der Waals surface area contributed by atoms with Crippen molar-refractivity contribution in [3.63, 3.8) is 0 Å². The van der Waals surface area contributed by atoms with Gasteiger partial charge in [-0.1, -0.05) is 18.2 Å². The monoisotopic (exact) mass is 290 g/mol. The molecule has 106 valence electrons. The van der Waals surface area contributed by atoms with Crippen molar-refractivity contribution in [1.82, 2.24) is 9.69 Å². The van der Waals surface area contributed by atoms with E-state index in [4.69, 9.17) is 4.74 Å². The molecule has 1 aromatic carbocycles. The van der Waals surface area contributed by atoms with Gasteiger partial charge in [0.2, 0.25) is 0 Å². The van der Waals surface area contributed by atoms with Crippen LogP contribution in [0.1, 0.15) is 28.5 Å². The van der Waals surface area contributed by atoms with E-state index in [2.05, 4.69) is 9.69 Å². The molecule has 0 bridgehead atoms. The predicted octanol–water partition coefficient (Wildman–Crippen LogP) is 2.96. The Bertz CT molecular complexity index is 595. The van der Waals surface area contributed by atoms with E-state index in [-0.39, 0.29) is 11.9 Å². The zero-order chi connectivity index (χ0) is 14.5. The number of hydrogen-bond acceptors (Lipinski definition) is 4. The summed E-state index contributed by atoms with van der Waals surface area (Å²) in [7, 11) is 0. The van der Waals surface area contributed by atoms with Crippen molar-refractivity contribution in [1.29, 1.82) is 0 Å². The molecule has 1 aromatic heterocycles. The summed E-state index contributed by atoms with van der Waals surface area (Å²) in [5, 5.41) is 4.68. The highest BCUT2D eigenvalue weighted by Gasteiger charge is 2.14. The molecule has 5 heteroatoms. The van der Waals surface area contributed by atoms with E-state index in [0.717, 1.165) is 17.0 Å². The van der Waals surface area contributed by atoms with Crippen LogP contribution in [0, 0.1) is 13.8 Å². The van der Waals surface area contributed by atoms with Gasteiger partial charge in [0.15, 0.2) is 0 Å². The summed E-state index contributed by atoms with van der Waals surface area (Å²) < 4.78 is 9.82. The highest BCUT2D eigenvalue weighted by Crippen LogP contribution is 2.16. The summed E-state index contributed by atoms with van der Waals surface area (Å²) in [6, 6.07) is 7.77. The Morgan fingerprint density at radius 3 is 2.80 bits per heavy atom. The third-order valence-corrected chi connectivity index (χ3v) is 3.67. The summed E-state index contributed by atoms with van der Waals surface area (Å²) in [5.41, 5.74) is 2.49. The predicted molar refractivity (Wildman–Crippen MR) is 80.5 cm³/mol. The molecule has 1 amide bonds. The summed E-state index contributed by atoms with van der Waals surface area (Å²) in [5.74, 6) is 0.749. The number of ether oxygens (including phenoxy) is 1. The second-order valence-corrected chi connectivity index (χ2v) is 5.39. The topological polar surface area (TPSA) is 51.2 Å². The Balaban J connectivity index is 1.87. The zero-order valence-electron chi connectivity index (χ0n) is 11.8. The lowest BCUT2D eigenvalue weighted by molar-refractivity contribution is 0.0926. The molecule has 0 fully saturated rings. The molecule has 0 saturated carbocycles. The van der Waals surface area contributed by atoms with Gasteiger partial charge in [0, 0.05) is 5.38 Å². The van der Waals surface area contributed by atoms with E-state index in [1.807, 2.05) is 45.0 Å². The highest BCUT2D eigenvalue weighted by molar-refractivity contribution is 7.03. The maximum Gasteiger partial charge on any atom is 0.254 e. The van der Waals surface area contributed by atoms with E-state index in [0.29, 0.717) is 12.2 Å². The van der Waals surface area contributed by atoms with Crippen LogP contribution in [0.4, 0.5) is 0 Å². The Labute approximate surface area is 123 Å². The van der Waals surface area contributed by atoms with Crippen molar-refractivity contribution < 1.29 is 9.53 Å². The number of para-hydroxylation sites is 1. The van der Waals surface area contributed by atoms with Crippen molar-refractivity contribution in [3.05, 3.63) is 46.5 Å². The summed E-state index contributed by atoms with van der Waals surface area (Å²) >= 11 is 1.29. The zero-order valence-corrected chi connectivity index (χ0v) is 12.7. The summed E-state index contributed by atoms with van der Waals surface area (Å²) in [4.78, 5) is 12.0. The first-order valence-electron chi connectivity index (χ1n) is 6.48. The van der Waals surface area contributed by atoms with Gasteiger partial charge in [-0.25, -0.2) is 0 Å². The standard InChI is InChI=1S/C15H18N2O2S/c1-10-6-4-5-7-14(10)19-8-11(2)16-15(18)13-9-20-17-12(13)3/h4-7,9,11H,8H2,1-3H3,(H,16,18). The molecule has 0 aliphatic carbocycles. The Morgan fingerprint density at radius 1 is 1.40 bits per heavy atom. The third kappa shape index (κ3) is 3.57. The number of nitrogens with zero attached hydrogens (tertiary/aromatic N) is 1. The number of rotatable bonds is 5. The van der Waals surface area contributed by atoms with Crippen molar-refractivity contribution in [3.8, 4) is 5.75 Å². The molecule has 2 aromatic rings. The molecule has 1 atom stereocenters. The first-order valence-corrected chi connectivity index (χ1v) is 7.32. The number of carbonyl (C=O) groups excluding carboxylic acids is 1. The van der Waals surface area contributed by atoms with E-state index in [1.54, 1.807) is 5.38 Å². The van der Waals surface area contributed by atoms with Crippen LogP contribution in [0.25, 0.3) is 0 Å². The van der Waals surface area contributed by atoms with E-state index in [1.165, 1.54) is 11.5 Å². The van der Waals surface area contributed by atoms with Crippen LogP contribution < -0.4 is 10.1 Å². The highest BCUT2D eigenvalue weighted by atomic mass is 32.1. The first kappa shape index (κ1) is 14.5. The Kier molecular flexibility index (Phi) is 4.74. The molecule has 1 heterocycles. The van der Waals surface area contributed by atoms with Crippen LogP contribution >= 0.6 is 11.5 Å². The number of hydrogen-bond donors (Lipinski definition) is 1. The number of benzene rings is 1. The fraction of sp³-hybridized carbons (Fsp3) is 0.333. The van der Waals surface area contributed by atoms with Gasteiger partial charge in [0.1, 0.15) is 12.4 Å². The SMILES string of the molecule is Cc1ccccc1OCC(C)NC(=O)c1csnc1C. The molecule has 2 rings (SSSR count). The van der Waals surface area contributed by atoms with E-state index >= 15 is 0 Å².